The van der Waals surface area contributed by atoms with E-state index in [1.165, 1.54) is 0 Å². The van der Waals surface area contributed by atoms with Crippen molar-refractivity contribution in [3.63, 3.8) is 0 Å². The molecular formula is C14H22B2N2O7. The zero-order valence-electron chi connectivity index (χ0n) is 13.7. The van der Waals surface area contributed by atoms with Crippen LogP contribution in [0.5, 0.6) is 0 Å². The van der Waals surface area contributed by atoms with Crippen LogP contribution in [0.4, 0.5) is 0 Å². The van der Waals surface area contributed by atoms with Gasteiger partial charge < -0.3 is 45.4 Å². The second-order valence-corrected chi connectivity index (χ2v) is 7.32. The van der Waals surface area contributed by atoms with Crippen LogP contribution >= 0.6 is 0 Å². The first-order chi connectivity index (χ1) is 11.8. The van der Waals surface area contributed by atoms with Gasteiger partial charge >= 0.3 is 0 Å². The molecule has 5 fully saturated rings. The van der Waals surface area contributed by atoms with Gasteiger partial charge in [0.05, 0.1) is 24.2 Å². The Labute approximate surface area is 148 Å². The van der Waals surface area contributed by atoms with Crippen LogP contribution in [0.1, 0.15) is 6.42 Å². The van der Waals surface area contributed by atoms with Crippen LogP contribution in [-0.4, -0.2) is 99.7 Å². The predicted octanol–water partition coefficient (Wildman–Crippen LogP) is -3.74. The van der Waals surface area contributed by atoms with Gasteiger partial charge in [-0.15, -0.1) is 0 Å². The van der Waals surface area contributed by atoms with Crippen molar-refractivity contribution >= 4 is 15.7 Å². The highest BCUT2D eigenvalue weighted by Crippen LogP contribution is 2.59. The summed E-state index contributed by atoms with van der Waals surface area (Å²) in [5.74, 6) is -1.39. The van der Waals surface area contributed by atoms with Crippen molar-refractivity contribution in [3.8, 4) is 0 Å². The summed E-state index contributed by atoms with van der Waals surface area (Å²) >= 11 is 0. The number of aliphatic hydroxyl groups excluding tert-OH is 1. The van der Waals surface area contributed by atoms with Gasteiger partial charge in [-0.1, -0.05) is 0 Å². The Bertz CT molecular complexity index is 547. The topological polar surface area (TPSA) is 139 Å². The molecule has 5 rings (SSSR count). The smallest absolute Gasteiger partial charge is 0.179 e. The summed E-state index contributed by atoms with van der Waals surface area (Å²) in [6.07, 6.45) is -0.971. The minimum atomic E-state index is -1.14. The van der Waals surface area contributed by atoms with Crippen LogP contribution in [0.2, 0.25) is 0 Å². The Morgan fingerprint density at radius 1 is 1.00 bits per heavy atom. The third kappa shape index (κ3) is 2.38. The molecule has 5 aliphatic rings. The predicted molar refractivity (Wildman–Crippen MR) is 84.5 cm³/mol. The Kier molecular flexibility index (Phi) is 4.27. The molecule has 136 valence electrons. The van der Waals surface area contributed by atoms with Crippen LogP contribution in [0.25, 0.3) is 0 Å². The maximum Gasteiger partial charge on any atom is 0.179 e. The summed E-state index contributed by atoms with van der Waals surface area (Å²) in [5.41, 5.74) is 9.79. The molecule has 4 aliphatic heterocycles. The van der Waals surface area contributed by atoms with Gasteiger partial charge in [0, 0.05) is 31.5 Å². The molecule has 25 heavy (non-hydrogen) atoms. The number of fused-ring (bicyclic) bond motifs is 2. The SMILES string of the molecule is [B][C@@H]1O[C@@]2(CN)CC3(O)OCO[C@H]1C32.[B][C@@H]1O[C@@]2(CN)CO[C@H]1C2O. The summed E-state index contributed by atoms with van der Waals surface area (Å²) in [5, 5.41) is 19.6. The van der Waals surface area contributed by atoms with E-state index in [1.54, 1.807) is 0 Å². The van der Waals surface area contributed by atoms with Crippen molar-refractivity contribution < 1.29 is 33.9 Å². The summed E-state index contributed by atoms with van der Waals surface area (Å²) in [6.45, 7) is 0.994. The average molecular weight is 352 g/mol. The minimum Gasteiger partial charge on any atom is -0.387 e. The summed E-state index contributed by atoms with van der Waals surface area (Å²) in [6, 6.07) is -1.04. The number of hydrogen-bond donors (Lipinski definition) is 4. The lowest BCUT2D eigenvalue weighted by Crippen LogP contribution is -2.72. The largest absolute Gasteiger partial charge is 0.387 e. The quantitative estimate of drug-likeness (QED) is 0.369. The van der Waals surface area contributed by atoms with Crippen molar-refractivity contribution in [2.24, 2.45) is 17.4 Å². The standard InChI is InChI=1S/C8H12BNO4.C6H10BNO3/c9-6-4-5-7(2-10,14-6)1-8(5,11)13-3-12-4;7-5-3-4(9)6(1-8,11-5)2-10-3/h4-6,11H,1-3,10H2;3-5,9H,1-2,8H2/t4-,5?,6+,7+,8?;3-,4?,5+,6-/m00/s1. The molecule has 1 saturated carbocycles. The van der Waals surface area contributed by atoms with Crippen LogP contribution in [0.3, 0.4) is 0 Å². The number of ether oxygens (including phenoxy) is 5. The zero-order chi connectivity index (χ0) is 18.0. The molecule has 11 heteroatoms. The lowest BCUT2D eigenvalue weighted by Gasteiger charge is -2.57. The van der Waals surface area contributed by atoms with E-state index in [4.69, 9.17) is 50.8 Å². The highest BCUT2D eigenvalue weighted by Gasteiger charge is 2.74. The summed E-state index contributed by atoms with van der Waals surface area (Å²) < 4.78 is 26.5. The Balaban J connectivity index is 0.000000129. The Morgan fingerprint density at radius 2 is 1.64 bits per heavy atom. The fourth-order valence-corrected chi connectivity index (χ4v) is 4.58. The number of nitrogens with two attached hydrogens (primary N) is 2. The lowest BCUT2D eigenvalue weighted by molar-refractivity contribution is -0.398. The van der Waals surface area contributed by atoms with Gasteiger partial charge in [0.1, 0.15) is 33.5 Å². The van der Waals surface area contributed by atoms with Gasteiger partial charge in [-0.25, -0.2) is 0 Å². The average Bonchev–Trinajstić information content (AvgIpc) is 3.12. The maximum atomic E-state index is 10.0. The number of aliphatic hydroxyl groups is 2. The fraction of sp³-hybridized carbons (Fsp3) is 1.00. The van der Waals surface area contributed by atoms with Crippen LogP contribution < -0.4 is 11.5 Å². The maximum absolute atomic E-state index is 10.0. The molecule has 0 spiro atoms. The first-order valence-corrected chi connectivity index (χ1v) is 8.35. The Hall–Kier alpha value is -0.230. The van der Waals surface area contributed by atoms with Gasteiger partial charge in [-0.2, -0.15) is 0 Å². The summed E-state index contributed by atoms with van der Waals surface area (Å²) in [7, 11) is 11.3. The molecule has 4 radical (unpaired) electrons. The molecule has 3 unspecified atom stereocenters. The van der Waals surface area contributed by atoms with E-state index >= 15 is 0 Å². The van der Waals surface area contributed by atoms with Crippen molar-refractivity contribution in [1.82, 2.24) is 0 Å². The molecule has 0 aromatic heterocycles. The second-order valence-electron chi connectivity index (χ2n) is 7.32. The van der Waals surface area contributed by atoms with E-state index in [0.29, 0.717) is 19.6 Å². The monoisotopic (exact) mass is 352 g/mol. The molecule has 6 N–H and O–H groups in total. The van der Waals surface area contributed by atoms with E-state index in [2.05, 4.69) is 0 Å². The molecule has 9 nitrogen and oxygen atoms in total. The minimum absolute atomic E-state index is 0.0649. The lowest BCUT2D eigenvalue weighted by atomic mass is 9.61. The molecule has 9 atom stereocenters. The first kappa shape index (κ1) is 18.1. The van der Waals surface area contributed by atoms with Gasteiger partial charge in [0.25, 0.3) is 0 Å². The third-order valence-electron chi connectivity index (χ3n) is 5.95. The van der Waals surface area contributed by atoms with Gasteiger partial charge in [-0.05, 0) is 0 Å². The normalized spacial score (nSPS) is 58.2. The first-order valence-electron chi connectivity index (χ1n) is 8.35. The third-order valence-corrected chi connectivity index (χ3v) is 5.95. The molecular weight excluding hydrogens is 330 g/mol. The summed E-state index contributed by atoms with van der Waals surface area (Å²) in [4.78, 5) is 0. The van der Waals surface area contributed by atoms with Crippen molar-refractivity contribution in [2.75, 3.05) is 26.5 Å². The van der Waals surface area contributed by atoms with E-state index < -0.39 is 41.2 Å². The van der Waals surface area contributed by atoms with Gasteiger partial charge in [-0.3, -0.25) is 0 Å². The second kappa shape index (κ2) is 5.88. The molecule has 1 aliphatic carbocycles. The van der Waals surface area contributed by atoms with E-state index in [-0.39, 0.29) is 25.4 Å². The van der Waals surface area contributed by atoms with E-state index in [1.807, 2.05) is 0 Å². The molecule has 0 aromatic carbocycles. The van der Waals surface area contributed by atoms with Crippen molar-refractivity contribution in [1.29, 1.82) is 0 Å². The highest BCUT2D eigenvalue weighted by molar-refractivity contribution is 6.12. The molecule has 4 saturated heterocycles. The van der Waals surface area contributed by atoms with E-state index in [9.17, 15) is 10.2 Å². The zero-order valence-corrected chi connectivity index (χ0v) is 13.7. The Morgan fingerprint density at radius 3 is 2.16 bits per heavy atom. The number of hydrogen-bond acceptors (Lipinski definition) is 9. The molecule has 2 bridgehead atoms. The van der Waals surface area contributed by atoms with Crippen LogP contribution in [0, 0.1) is 5.92 Å². The van der Waals surface area contributed by atoms with Crippen LogP contribution in [-0.2, 0) is 23.7 Å². The molecule has 0 amide bonds. The highest BCUT2D eigenvalue weighted by atomic mass is 16.8. The molecule has 4 heterocycles. The molecule has 0 aromatic rings. The number of rotatable bonds is 2. The van der Waals surface area contributed by atoms with Crippen molar-refractivity contribution in [3.05, 3.63) is 0 Å². The van der Waals surface area contributed by atoms with E-state index in [0.717, 1.165) is 0 Å². The van der Waals surface area contributed by atoms with Crippen molar-refractivity contribution in [2.45, 2.75) is 53.7 Å². The van der Waals surface area contributed by atoms with Crippen LogP contribution in [0.15, 0.2) is 0 Å². The fourth-order valence-electron chi connectivity index (χ4n) is 4.58. The van der Waals surface area contributed by atoms with Gasteiger partial charge in [0.15, 0.2) is 12.6 Å². The van der Waals surface area contributed by atoms with Gasteiger partial charge in [0.2, 0.25) is 0 Å².